The average Bonchev–Trinajstić information content (AvgIpc) is 2.54. The number of thioether (sulfide) groups is 1. The van der Waals surface area contributed by atoms with Crippen molar-refractivity contribution in [1.82, 2.24) is 21.3 Å². The number of carbonyl (C=O) groups is 5. The van der Waals surface area contributed by atoms with E-state index in [1.54, 1.807) is 0 Å². The van der Waals surface area contributed by atoms with Crippen molar-refractivity contribution in [3.8, 4) is 0 Å². The molecular formula is C14H20N4O5S. The molecule has 0 aliphatic rings. The molecule has 4 amide bonds. The Bertz CT molecular complexity index is 533. The van der Waals surface area contributed by atoms with Gasteiger partial charge in [0, 0.05) is 13.1 Å². The van der Waals surface area contributed by atoms with Crippen molar-refractivity contribution in [3.63, 3.8) is 0 Å². The Morgan fingerprint density at radius 3 is 1.88 bits per heavy atom. The van der Waals surface area contributed by atoms with Crippen LogP contribution in [0.4, 0.5) is 0 Å². The number of carbonyl (C=O) groups excluding carboxylic acids is 5. The van der Waals surface area contributed by atoms with Crippen molar-refractivity contribution >= 4 is 40.5 Å². The number of amides is 4. The van der Waals surface area contributed by atoms with Crippen LogP contribution in [0.15, 0.2) is 24.9 Å². The Hall–Kier alpha value is -2.62. The number of allylic oxidation sites excluding steroid dienone is 2. The number of hydrogen-bond acceptors (Lipinski definition) is 6. The van der Waals surface area contributed by atoms with E-state index in [0.717, 1.165) is 11.8 Å². The first-order valence-electron chi connectivity index (χ1n) is 6.85. The minimum absolute atomic E-state index is 0.0709. The van der Waals surface area contributed by atoms with Gasteiger partial charge in [0.1, 0.15) is 0 Å². The van der Waals surface area contributed by atoms with Gasteiger partial charge < -0.3 is 21.3 Å². The molecule has 0 saturated carbocycles. The van der Waals surface area contributed by atoms with Gasteiger partial charge >= 0.3 is 0 Å². The van der Waals surface area contributed by atoms with Gasteiger partial charge in [-0.05, 0) is 6.08 Å². The largest absolute Gasteiger partial charge is 0.346 e. The van der Waals surface area contributed by atoms with Crippen molar-refractivity contribution in [2.75, 3.05) is 25.4 Å². The maximum Gasteiger partial charge on any atom is 0.243 e. The molecule has 132 valence electrons. The zero-order valence-electron chi connectivity index (χ0n) is 13.2. The number of hydrogen-bond donors (Lipinski definition) is 4. The van der Waals surface area contributed by atoms with E-state index in [4.69, 9.17) is 0 Å². The molecule has 4 N–H and O–H groups in total. The summed E-state index contributed by atoms with van der Waals surface area (Å²) in [5.74, 6) is -2.07. The Morgan fingerprint density at radius 1 is 0.875 bits per heavy atom. The summed E-state index contributed by atoms with van der Waals surface area (Å²) in [5.41, 5.74) is 0. The van der Waals surface area contributed by atoms with Crippen LogP contribution in [0.3, 0.4) is 0 Å². The van der Waals surface area contributed by atoms with Crippen molar-refractivity contribution in [2.45, 2.75) is 6.92 Å². The van der Waals surface area contributed by atoms with Gasteiger partial charge in [0.05, 0.1) is 25.4 Å². The second-order valence-corrected chi connectivity index (χ2v) is 5.43. The number of nitrogens with one attached hydrogen (secondary N) is 4. The topological polar surface area (TPSA) is 133 Å². The highest BCUT2D eigenvalue weighted by Crippen LogP contribution is 1.98. The first-order chi connectivity index (χ1) is 11.3. The predicted octanol–water partition coefficient (Wildman–Crippen LogP) is -1.57. The second kappa shape index (κ2) is 12.9. The van der Waals surface area contributed by atoms with Gasteiger partial charge in [-0.25, -0.2) is 0 Å². The summed E-state index contributed by atoms with van der Waals surface area (Å²) in [6, 6.07) is 0. The summed E-state index contributed by atoms with van der Waals surface area (Å²) >= 11 is 0.831. The van der Waals surface area contributed by atoms with Gasteiger partial charge in [0.15, 0.2) is 5.12 Å². The van der Waals surface area contributed by atoms with E-state index < -0.39 is 23.6 Å². The van der Waals surface area contributed by atoms with Crippen LogP contribution >= 0.6 is 11.8 Å². The first kappa shape index (κ1) is 21.4. The molecule has 24 heavy (non-hydrogen) atoms. The lowest BCUT2D eigenvalue weighted by Gasteiger charge is -2.07. The van der Waals surface area contributed by atoms with Gasteiger partial charge in [-0.15, -0.1) is 0 Å². The monoisotopic (exact) mass is 356 g/mol. The molecule has 0 aliphatic heterocycles. The smallest absolute Gasteiger partial charge is 0.243 e. The summed E-state index contributed by atoms with van der Waals surface area (Å²) in [6.45, 7) is 3.88. The highest BCUT2D eigenvalue weighted by Gasteiger charge is 2.09. The van der Waals surface area contributed by atoms with E-state index in [9.17, 15) is 24.0 Å². The van der Waals surface area contributed by atoms with E-state index in [-0.39, 0.29) is 30.5 Å². The molecule has 0 radical (unpaired) electrons. The van der Waals surface area contributed by atoms with E-state index >= 15 is 0 Å². The summed E-state index contributed by atoms with van der Waals surface area (Å²) in [4.78, 5) is 56.1. The predicted molar refractivity (Wildman–Crippen MR) is 89.6 cm³/mol. The molecule has 0 bridgehead atoms. The molecule has 0 aromatic rings. The molecule has 0 unspecified atom stereocenters. The number of rotatable bonds is 10. The lowest BCUT2D eigenvalue weighted by atomic mass is 10.4. The van der Waals surface area contributed by atoms with Gasteiger partial charge in [-0.2, -0.15) is 0 Å². The molecule has 0 heterocycles. The Balaban J connectivity index is 3.81. The first-order valence-corrected chi connectivity index (χ1v) is 7.84. The van der Waals surface area contributed by atoms with Crippen LogP contribution < -0.4 is 21.3 Å². The third kappa shape index (κ3) is 13.1. The summed E-state index contributed by atoms with van der Waals surface area (Å²) in [6.07, 6.45) is 4.37. The van der Waals surface area contributed by atoms with Gasteiger partial charge in [0.2, 0.25) is 23.6 Å². The van der Waals surface area contributed by atoms with Crippen LogP contribution in [-0.2, 0) is 24.0 Å². The molecule has 0 aromatic carbocycles. The SMILES string of the molecule is C=C/C=C/NC(=O)CNC(=O)CNC(=O)CNC(=O)CSC(C)=O. The second-order valence-electron chi connectivity index (χ2n) is 4.27. The standard InChI is InChI=1S/C14H20N4O5S/c1-3-4-5-15-11(20)6-16-12(21)7-17-13(22)8-18-14(23)9-24-10(2)19/h3-5H,1,6-9H2,2H3,(H,15,20)(H,16,21)(H,17,22)(H,18,23)/b5-4+. The Labute approximate surface area is 143 Å². The van der Waals surface area contributed by atoms with Crippen LogP contribution in [0.25, 0.3) is 0 Å². The maximum atomic E-state index is 11.4. The molecule has 0 spiro atoms. The fourth-order valence-corrected chi connectivity index (χ4v) is 1.58. The Morgan fingerprint density at radius 2 is 1.38 bits per heavy atom. The zero-order valence-corrected chi connectivity index (χ0v) is 14.0. The van der Waals surface area contributed by atoms with Gasteiger partial charge in [-0.1, -0.05) is 24.4 Å². The summed E-state index contributed by atoms with van der Waals surface area (Å²) < 4.78 is 0. The quantitative estimate of drug-likeness (QED) is 0.350. The van der Waals surface area contributed by atoms with E-state index in [1.165, 1.54) is 25.3 Å². The van der Waals surface area contributed by atoms with Gasteiger partial charge in [0.25, 0.3) is 0 Å². The zero-order chi connectivity index (χ0) is 18.4. The normalized spacial score (nSPS) is 9.88. The minimum Gasteiger partial charge on any atom is -0.346 e. The Kier molecular flexibility index (Phi) is 11.5. The molecule has 0 aliphatic carbocycles. The molecule has 10 heteroatoms. The van der Waals surface area contributed by atoms with Crippen LogP contribution in [0, 0.1) is 0 Å². The average molecular weight is 356 g/mol. The molecule has 0 atom stereocenters. The summed E-state index contributed by atoms with van der Waals surface area (Å²) in [7, 11) is 0. The molecule has 0 saturated heterocycles. The molecule has 0 aromatic heterocycles. The molecule has 0 fully saturated rings. The van der Waals surface area contributed by atoms with Gasteiger partial charge in [-0.3, -0.25) is 24.0 Å². The van der Waals surface area contributed by atoms with Crippen molar-refractivity contribution in [1.29, 1.82) is 0 Å². The fourth-order valence-electron chi connectivity index (χ4n) is 1.14. The molecular weight excluding hydrogens is 336 g/mol. The van der Waals surface area contributed by atoms with Crippen molar-refractivity contribution in [3.05, 3.63) is 24.9 Å². The highest BCUT2D eigenvalue weighted by molar-refractivity contribution is 8.14. The lowest BCUT2D eigenvalue weighted by molar-refractivity contribution is -0.128. The van der Waals surface area contributed by atoms with Crippen LogP contribution in [-0.4, -0.2) is 54.1 Å². The van der Waals surface area contributed by atoms with E-state index in [2.05, 4.69) is 27.8 Å². The highest BCUT2D eigenvalue weighted by atomic mass is 32.2. The summed E-state index contributed by atoms with van der Waals surface area (Å²) in [5, 5.41) is 9.09. The maximum absolute atomic E-state index is 11.4. The molecule has 0 rings (SSSR count). The van der Waals surface area contributed by atoms with E-state index in [0.29, 0.717) is 0 Å². The fraction of sp³-hybridized carbons (Fsp3) is 0.357. The molecule has 9 nitrogen and oxygen atoms in total. The third-order valence-electron chi connectivity index (χ3n) is 2.22. The van der Waals surface area contributed by atoms with E-state index in [1.807, 2.05) is 0 Å². The minimum atomic E-state index is -0.565. The van der Waals surface area contributed by atoms with Crippen LogP contribution in [0.5, 0.6) is 0 Å². The van der Waals surface area contributed by atoms with Crippen molar-refractivity contribution < 1.29 is 24.0 Å². The lowest BCUT2D eigenvalue weighted by Crippen LogP contribution is -2.44. The van der Waals surface area contributed by atoms with Crippen molar-refractivity contribution in [2.24, 2.45) is 0 Å². The van der Waals surface area contributed by atoms with Crippen LogP contribution in [0.2, 0.25) is 0 Å². The van der Waals surface area contributed by atoms with Crippen LogP contribution in [0.1, 0.15) is 6.92 Å². The third-order valence-corrected chi connectivity index (χ3v) is 3.03.